The van der Waals surface area contributed by atoms with Gasteiger partial charge < -0.3 is 34.0 Å². The lowest BCUT2D eigenvalue weighted by Gasteiger charge is -2.59. The first-order valence-corrected chi connectivity index (χ1v) is 21.4. The number of hydrogen-bond acceptors (Lipinski definition) is 11. The monoisotopic (exact) mass is 863 g/mol. The summed E-state index contributed by atoms with van der Waals surface area (Å²) in [6.45, 7) is 4.31. The van der Waals surface area contributed by atoms with Crippen LogP contribution in [0.15, 0.2) is 127 Å². The molecule has 1 amide bonds. The molecule has 1 saturated carbocycles. The fourth-order valence-corrected chi connectivity index (χ4v) is 9.47. The molecule has 0 spiro atoms. The number of unbranched alkanes of at least 4 members (excludes halogenated alkanes) is 2. The second-order valence-electron chi connectivity index (χ2n) is 16.1. The normalized spacial score (nSPS) is 22.8. The van der Waals surface area contributed by atoms with Crippen LogP contribution >= 0.6 is 0 Å². The minimum absolute atomic E-state index is 0.0152. The van der Waals surface area contributed by atoms with Crippen molar-refractivity contribution in [2.75, 3.05) is 26.9 Å². The fraction of sp³-hybridized carbons (Fsp3) is 0.388. The van der Waals surface area contributed by atoms with Crippen LogP contribution in [0.25, 0.3) is 0 Å². The summed E-state index contributed by atoms with van der Waals surface area (Å²) >= 11 is 0. The van der Waals surface area contributed by atoms with E-state index in [-0.39, 0.29) is 68.6 Å². The molecule has 4 aromatic rings. The number of benzene rings is 4. The third kappa shape index (κ3) is 10.1. The van der Waals surface area contributed by atoms with Crippen molar-refractivity contribution in [1.29, 1.82) is 0 Å². The molecule has 0 saturated heterocycles. The van der Waals surface area contributed by atoms with Gasteiger partial charge in [0, 0.05) is 43.7 Å². The van der Waals surface area contributed by atoms with Gasteiger partial charge in [0.2, 0.25) is 5.79 Å². The van der Waals surface area contributed by atoms with E-state index in [1.807, 2.05) is 36.4 Å². The van der Waals surface area contributed by atoms with E-state index in [2.05, 4.69) is 12.7 Å². The molecule has 3 aliphatic rings. The number of rotatable bonds is 20. The number of aliphatic hydroxyl groups is 2. The largest absolute Gasteiger partial charge is 0.459 e. The number of hydrogen-bond donors (Lipinski definition) is 2. The topological polar surface area (TPSA) is 162 Å². The summed E-state index contributed by atoms with van der Waals surface area (Å²) < 4.78 is 40.3. The number of nitro groups is 1. The van der Waals surface area contributed by atoms with Gasteiger partial charge in [0.05, 0.1) is 36.3 Å². The standard InChI is InChI=1S/C49H54FN3O10/c1-3-26-60-49-45(52(48(56)59-2)31-33-18-20-36(50)21-19-33)30-43(51-61-32-34-12-5-4-6-13-34)41-27-35(14-7-9-24-54)40(17-8-10-25-55)46(47(41)49)42-29-39(22-23-44(42)63-49)62-38-16-11-15-37(28-38)53(57)58/h3-6,11-13,15-16,18-23,27-29,35,40,45-47,54-55H,1,7-10,14,17,24-26,30-32H2,2H3. The van der Waals surface area contributed by atoms with Gasteiger partial charge in [-0.05, 0) is 90.6 Å². The van der Waals surface area contributed by atoms with Crippen molar-refractivity contribution in [2.45, 2.75) is 75.8 Å². The van der Waals surface area contributed by atoms with E-state index in [1.54, 1.807) is 47.4 Å². The highest BCUT2D eigenvalue weighted by Crippen LogP contribution is 2.62. The van der Waals surface area contributed by atoms with Gasteiger partial charge in [-0.1, -0.05) is 78.7 Å². The molecular weight excluding hydrogens is 810 g/mol. The number of amides is 1. The lowest BCUT2D eigenvalue weighted by molar-refractivity contribution is -0.384. The number of fused-ring (bicyclic) bond motifs is 2. The maximum absolute atomic E-state index is 14.2. The van der Waals surface area contributed by atoms with Crippen LogP contribution in [0.2, 0.25) is 0 Å². The van der Waals surface area contributed by atoms with E-state index in [0.717, 1.165) is 29.5 Å². The lowest BCUT2D eigenvalue weighted by atomic mass is 9.55. The predicted molar refractivity (Wildman–Crippen MR) is 234 cm³/mol. The van der Waals surface area contributed by atoms with Gasteiger partial charge in [-0.2, -0.15) is 0 Å². The average Bonchev–Trinajstić information content (AvgIpc) is 3.30. The Hall–Kier alpha value is -6.09. The van der Waals surface area contributed by atoms with Crippen molar-refractivity contribution in [3.8, 4) is 17.2 Å². The molecule has 6 atom stereocenters. The number of nitro benzene ring substituents is 1. The van der Waals surface area contributed by atoms with Gasteiger partial charge in [0.25, 0.3) is 5.69 Å². The Kier molecular flexibility index (Phi) is 14.9. The van der Waals surface area contributed by atoms with E-state index < -0.39 is 34.6 Å². The van der Waals surface area contributed by atoms with Crippen molar-refractivity contribution in [1.82, 2.24) is 4.90 Å². The van der Waals surface area contributed by atoms with Crippen molar-refractivity contribution < 1.29 is 48.1 Å². The quantitative estimate of drug-likeness (QED) is 0.0379. The molecule has 14 heteroatoms. The molecule has 0 radical (unpaired) electrons. The van der Waals surface area contributed by atoms with Crippen LogP contribution in [0.1, 0.15) is 67.6 Å². The first-order valence-electron chi connectivity index (χ1n) is 21.4. The van der Waals surface area contributed by atoms with Crippen LogP contribution in [-0.2, 0) is 27.5 Å². The minimum atomic E-state index is -1.57. The highest BCUT2D eigenvalue weighted by molar-refractivity contribution is 6.03. The van der Waals surface area contributed by atoms with Gasteiger partial charge in [-0.25, -0.2) is 9.18 Å². The summed E-state index contributed by atoms with van der Waals surface area (Å²) in [5, 5.41) is 36.4. The summed E-state index contributed by atoms with van der Waals surface area (Å²) in [7, 11) is 1.31. The van der Waals surface area contributed by atoms with Crippen molar-refractivity contribution in [3.63, 3.8) is 0 Å². The van der Waals surface area contributed by atoms with Crippen LogP contribution in [0, 0.1) is 33.7 Å². The van der Waals surface area contributed by atoms with Gasteiger partial charge in [-0.3, -0.25) is 15.0 Å². The number of carbonyl (C=O) groups excluding carboxylic acids is 1. The third-order valence-corrected chi connectivity index (χ3v) is 12.2. The van der Waals surface area contributed by atoms with Gasteiger partial charge in [0.1, 0.15) is 35.7 Å². The van der Waals surface area contributed by atoms with Gasteiger partial charge >= 0.3 is 6.09 Å². The third-order valence-electron chi connectivity index (χ3n) is 12.2. The van der Waals surface area contributed by atoms with Crippen LogP contribution in [0.5, 0.6) is 17.2 Å². The van der Waals surface area contributed by atoms with Crippen LogP contribution in [-0.4, -0.2) is 70.6 Å². The van der Waals surface area contributed by atoms with Gasteiger partial charge in [0.15, 0.2) is 0 Å². The molecule has 0 aromatic heterocycles. The number of aliphatic hydroxyl groups excluding tert-OH is 2. The Morgan fingerprint density at radius 1 is 0.968 bits per heavy atom. The molecular formula is C49H54FN3O10. The second-order valence-corrected chi connectivity index (χ2v) is 16.1. The molecule has 2 N–H and O–H groups in total. The summed E-state index contributed by atoms with van der Waals surface area (Å²) in [5.41, 5.74) is 3.68. The Bertz CT molecular complexity index is 2270. The van der Waals surface area contributed by atoms with Gasteiger partial charge in [-0.15, -0.1) is 6.58 Å². The number of nitrogens with zero attached hydrogens (tertiary/aromatic N) is 3. The highest BCUT2D eigenvalue weighted by atomic mass is 19.1. The molecule has 13 nitrogen and oxygen atoms in total. The van der Waals surface area contributed by atoms with E-state index >= 15 is 0 Å². The predicted octanol–water partition coefficient (Wildman–Crippen LogP) is 9.63. The Labute approximate surface area is 366 Å². The van der Waals surface area contributed by atoms with Crippen molar-refractivity contribution >= 4 is 17.5 Å². The Morgan fingerprint density at radius 3 is 2.43 bits per heavy atom. The van der Waals surface area contributed by atoms with Crippen LogP contribution in [0.4, 0.5) is 14.9 Å². The Morgan fingerprint density at radius 2 is 1.71 bits per heavy atom. The molecule has 63 heavy (non-hydrogen) atoms. The summed E-state index contributed by atoms with van der Waals surface area (Å²) in [5.74, 6) is -1.86. The zero-order valence-corrected chi connectivity index (χ0v) is 35.4. The molecule has 7 rings (SSSR count). The second kappa shape index (κ2) is 20.9. The zero-order chi connectivity index (χ0) is 44.3. The zero-order valence-electron chi connectivity index (χ0n) is 35.4. The number of non-ortho nitro benzene ring substituents is 1. The van der Waals surface area contributed by atoms with E-state index in [0.29, 0.717) is 48.5 Å². The SMILES string of the molecule is C=CCOC12Oc3ccc(Oc4cccc([N+](=O)[O-])c4)cc3C3C(CCCCO)C(CCCCO)C=C(C(=NOCc4ccccc4)CC1N(Cc1ccc(F)cc1)C(=O)OC)C32. The number of halogens is 1. The van der Waals surface area contributed by atoms with Crippen molar-refractivity contribution in [2.24, 2.45) is 22.9 Å². The molecule has 1 aliphatic heterocycles. The average molecular weight is 864 g/mol. The first kappa shape index (κ1) is 44.9. The number of allylic oxidation sites excluding steroid dienone is 1. The maximum Gasteiger partial charge on any atom is 0.410 e. The smallest absolute Gasteiger partial charge is 0.410 e. The number of oxime groups is 1. The fourth-order valence-electron chi connectivity index (χ4n) is 9.47. The molecule has 332 valence electrons. The molecule has 6 unspecified atom stereocenters. The first-order chi connectivity index (χ1) is 30.7. The maximum atomic E-state index is 14.2. The van der Waals surface area contributed by atoms with E-state index in [9.17, 15) is 29.5 Å². The summed E-state index contributed by atoms with van der Waals surface area (Å²) in [6.07, 6.45) is 7.47. The summed E-state index contributed by atoms with van der Waals surface area (Å²) in [6, 6.07) is 26.1. The lowest BCUT2D eigenvalue weighted by Crippen LogP contribution is -2.70. The summed E-state index contributed by atoms with van der Waals surface area (Å²) in [4.78, 5) is 33.1. The van der Waals surface area contributed by atoms with Crippen LogP contribution in [0.3, 0.4) is 0 Å². The molecule has 1 heterocycles. The number of carbonyl (C=O) groups is 1. The molecule has 4 aromatic carbocycles. The van der Waals surface area contributed by atoms with Crippen LogP contribution < -0.4 is 9.47 Å². The van der Waals surface area contributed by atoms with E-state index in [1.165, 1.54) is 31.4 Å². The minimum Gasteiger partial charge on any atom is -0.459 e. The molecule has 0 bridgehead atoms. The Balaban J connectivity index is 1.45. The van der Waals surface area contributed by atoms with E-state index in [4.69, 9.17) is 28.9 Å². The molecule has 1 fully saturated rings. The highest BCUT2D eigenvalue weighted by Gasteiger charge is 2.65. The van der Waals surface area contributed by atoms with Crippen molar-refractivity contribution in [3.05, 3.63) is 154 Å². The number of ether oxygens (including phenoxy) is 4. The number of methoxy groups -OCH3 is 1. The molecule has 2 aliphatic carbocycles.